The molecule has 0 spiro atoms. The van der Waals surface area contributed by atoms with Gasteiger partial charge in [-0.2, -0.15) is 0 Å². The topological polar surface area (TPSA) is 35.5 Å². The number of halogens is 2. The number of methoxy groups -OCH3 is 2. The van der Waals surface area contributed by atoms with Crippen molar-refractivity contribution in [2.75, 3.05) is 14.2 Å². The van der Waals surface area contributed by atoms with Gasteiger partial charge in [0.1, 0.15) is 0 Å². The van der Waals surface area contributed by atoms with E-state index in [1.165, 1.54) is 20.3 Å². The Bertz CT molecular complexity index is 915. The van der Waals surface area contributed by atoms with E-state index in [1.807, 2.05) is 13.0 Å². The third-order valence-corrected chi connectivity index (χ3v) is 5.26. The molecule has 0 amide bonds. The smallest absolute Gasteiger partial charge is 0.168 e. The second-order valence-electron chi connectivity index (χ2n) is 6.92. The van der Waals surface area contributed by atoms with E-state index in [0.29, 0.717) is 29.7 Å². The van der Waals surface area contributed by atoms with Gasteiger partial charge in [0, 0.05) is 17.5 Å². The molecule has 0 saturated carbocycles. The standard InChI is InChI=1S/C12H13FO.C11H11FO2/c1-8-4-3-5-10-9(8)6-7-11(14-2)12(10)13;1-14-10-6-5-7-8(11(10)12)3-2-4-9(7)13/h4,6-7H,3,5H2,1-2H3;5-6H,2-4H2,1H3. The zero-order valence-corrected chi connectivity index (χ0v) is 16.4. The predicted molar refractivity (Wildman–Crippen MR) is 105 cm³/mol. The Morgan fingerprint density at radius 3 is 2.00 bits per heavy atom. The molecule has 2 aromatic carbocycles. The van der Waals surface area contributed by atoms with Gasteiger partial charge in [0.25, 0.3) is 0 Å². The van der Waals surface area contributed by atoms with Crippen LogP contribution in [0.5, 0.6) is 11.5 Å². The highest BCUT2D eigenvalue weighted by Crippen LogP contribution is 2.32. The normalized spacial score (nSPS) is 14.9. The van der Waals surface area contributed by atoms with E-state index < -0.39 is 0 Å². The van der Waals surface area contributed by atoms with Crippen LogP contribution < -0.4 is 9.47 Å². The zero-order valence-electron chi connectivity index (χ0n) is 16.4. The minimum atomic E-state index is -0.377. The lowest BCUT2D eigenvalue weighted by Gasteiger charge is -2.17. The van der Waals surface area contributed by atoms with Crippen LogP contribution in [0, 0.1) is 11.6 Å². The molecule has 0 aromatic heterocycles. The maximum absolute atomic E-state index is 13.8. The summed E-state index contributed by atoms with van der Waals surface area (Å²) in [4.78, 5) is 11.4. The summed E-state index contributed by atoms with van der Waals surface area (Å²) in [5.74, 6) is 0.0280. The fraction of sp³-hybridized carbons (Fsp3) is 0.348. The molecule has 0 fully saturated rings. The number of allylic oxidation sites excluding steroid dienone is 2. The van der Waals surface area contributed by atoms with Crippen LogP contribution in [0.4, 0.5) is 8.78 Å². The molecule has 0 unspecified atom stereocenters. The van der Waals surface area contributed by atoms with E-state index in [9.17, 15) is 13.6 Å². The number of hydrogen-bond acceptors (Lipinski definition) is 3. The van der Waals surface area contributed by atoms with Crippen LogP contribution in [0.2, 0.25) is 0 Å². The molecular weight excluding hydrogens is 362 g/mol. The highest BCUT2D eigenvalue weighted by atomic mass is 19.1. The lowest BCUT2D eigenvalue weighted by atomic mass is 9.90. The van der Waals surface area contributed by atoms with Crippen LogP contribution >= 0.6 is 0 Å². The number of benzene rings is 2. The monoisotopic (exact) mass is 386 g/mol. The van der Waals surface area contributed by atoms with Gasteiger partial charge in [-0.05, 0) is 67.5 Å². The van der Waals surface area contributed by atoms with Crippen molar-refractivity contribution in [3.05, 3.63) is 64.2 Å². The summed E-state index contributed by atoms with van der Waals surface area (Å²) in [5.41, 5.74) is 4.02. The van der Waals surface area contributed by atoms with Gasteiger partial charge in [-0.25, -0.2) is 8.78 Å². The van der Waals surface area contributed by atoms with Crippen LogP contribution in [0.1, 0.15) is 53.2 Å². The average Bonchev–Trinajstić information content (AvgIpc) is 2.70. The first-order valence-electron chi connectivity index (χ1n) is 9.39. The van der Waals surface area contributed by atoms with Crippen molar-refractivity contribution >= 4 is 11.4 Å². The fourth-order valence-corrected chi connectivity index (χ4v) is 3.74. The second-order valence-corrected chi connectivity index (χ2v) is 6.92. The molecule has 2 aromatic rings. The maximum Gasteiger partial charge on any atom is 0.168 e. The van der Waals surface area contributed by atoms with Crippen LogP contribution in [0.25, 0.3) is 5.57 Å². The molecule has 0 N–H and O–H groups in total. The summed E-state index contributed by atoms with van der Waals surface area (Å²) in [6.07, 6.45) is 5.73. The van der Waals surface area contributed by atoms with E-state index in [0.717, 1.165) is 36.0 Å². The minimum absolute atomic E-state index is 0.0350. The maximum atomic E-state index is 13.8. The average molecular weight is 386 g/mol. The van der Waals surface area contributed by atoms with Gasteiger partial charge < -0.3 is 9.47 Å². The SMILES string of the molecule is COc1ccc2c(c1F)CCC=C2C.COc1ccc2c(c1F)CCCC2=O. The summed E-state index contributed by atoms with van der Waals surface area (Å²) in [6, 6.07) is 6.79. The summed E-state index contributed by atoms with van der Waals surface area (Å²) >= 11 is 0. The van der Waals surface area contributed by atoms with Gasteiger partial charge in [0.15, 0.2) is 28.9 Å². The quantitative estimate of drug-likeness (QED) is 0.680. The first-order chi connectivity index (χ1) is 13.5. The van der Waals surface area contributed by atoms with Gasteiger partial charge in [-0.1, -0.05) is 12.1 Å². The third kappa shape index (κ3) is 3.79. The number of carbonyl (C=O) groups excluding carboxylic acids is 1. The van der Waals surface area contributed by atoms with Crippen molar-refractivity contribution in [2.45, 2.75) is 39.0 Å². The summed E-state index contributed by atoms with van der Waals surface area (Å²) in [7, 11) is 2.92. The highest BCUT2D eigenvalue weighted by molar-refractivity contribution is 5.98. The highest BCUT2D eigenvalue weighted by Gasteiger charge is 2.22. The lowest BCUT2D eigenvalue weighted by molar-refractivity contribution is 0.0971. The van der Waals surface area contributed by atoms with Gasteiger partial charge in [-0.15, -0.1) is 0 Å². The largest absolute Gasteiger partial charge is 0.494 e. The Morgan fingerprint density at radius 2 is 1.39 bits per heavy atom. The molecule has 3 nitrogen and oxygen atoms in total. The third-order valence-electron chi connectivity index (χ3n) is 5.26. The Kier molecular flexibility index (Phi) is 6.12. The number of ketones is 1. The van der Waals surface area contributed by atoms with Crippen LogP contribution in [0.15, 0.2) is 30.3 Å². The van der Waals surface area contributed by atoms with E-state index in [2.05, 4.69) is 6.08 Å². The van der Waals surface area contributed by atoms with Gasteiger partial charge in [0.2, 0.25) is 0 Å². The van der Waals surface area contributed by atoms with Crippen LogP contribution in [-0.4, -0.2) is 20.0 Å². The molecule has 2 aliphatic carbocycles. The molecule has 0 atom stereocenters. The summed E-state index contributed by atoms with van der Waals surface area (Å²) < 4.78 is 37.2. The Balaban J connectivity index is 0.000000161. The Labute approximate surface area is 164 Å². The molecule has 0 aliphatic heterocycles. The Hall–Kier alpha value is -2.69. The van der Waals surface area contributed by atoms with Crippen molar-refractivity contribution in [3.63, 3.8) is 0 Å². The summed E-state index contributed by atoms with van der Waals surface area (Å²) in [6.45, 7) is 2.02. The van der Waals surface area contributed by atoms with Crippen molar-refractivity contribution in [3.8, 4) is 11.5 Å². The van der Waals surface area contributed by atoms with E-state index >= 15 is 0 Å². The molecule has 148 valence electrons. The molecule has 2 aliphatic rings. The minimum Gasteiger partial charge on any atom is -0.494 e. The van der Waals surface area contributed by atoms with Crippen LogP contribution in [0.3, 0.4) is 0 Å². The molecule has 0 heterocycles. The molecule has 0 saturated heterocycles. The number of fused-ring (bicyclic) bond motifs is 2. The Morgan fingerprint density at radius 1 is 0.821 bits per heavy atom. The fourth-order valence-electron chi connectivity index (χ4n) is 3.74. The van der Waals surface area contributed by atoms with Gasteiger partial charge in [-0.3, -0.25) is 4.79 Å². The van der Waals surface area contributed by atoms with Gasteiger partial charge in [0.05, 0.1) is 14.2 Å². The van der Waals surface area contributed by atoms with Crippen LogP contribution in [-0.2, 0) is 12.8 Å². The zero-order chi connectivity index (χ0) is 20.3. The van der Waals surface area contributed by atoms with Gasteiger partial charge >= 0.3 is 0 Å². The van der Waals surface area contributed by atoms with Crippen molar-refractivity contribution < 1.29 is 23.0 Å². The first-order valence-corrected chi connectivity index (χ1v) is 9.39. The number of carbonyl (C=O) groups is 1. The second kappa shape index (κ2) is 8.55. The van der Waals surface area contributed by atoms with E-state index in [4.69, 9.17) is 9.47 Å². The van der Waals surface area contributed by atoms with Crippen molar-refractivity contribution in [1.82, 2.24) is 0 Å². The molecule has 28 heavy (non-hydrogen) atoms. The van der Waals surface area contributed by atoms with Crippen molar-refractivity contribution in [2.24, 2.45) is 0 Å². The number of ether oxygens (including phenoxy) is 2. The predicted octanol–water partition coefficient (Wildman–Crippen LogP) is 5.54. The molecule has 4 rings (SSSR count). The van der Waals surface area contributed by atoms with Crippen molar-refractivity contribution in [1.29, 1.82) is 0 Å². The molecular formula is C23H24F2O3. The van der Waals surface area contributed by atoms with E-state index in [1.54, 1.807) is 12.1 Å². The molecule has 0 radical (unpaired) electrons. The first kappa shape index (κ1) is 20.1. The lowest BCUT2D eigenvalue weighted by Crippen LogP contribution is -2.13. The molecule has 0 bridgehead atoms. The summed E-state index contributed by atoms with van der Waals surface area (Å²) in [5, 5.41) is 0. The number of hydrogen-bond donors (Lipinski definition) is 0. The number of Topliss-reactive ketones (excluding diaryl/α,β-unsaturated/α-hetero) is 1. The number of rotatable bonds is 2. The van der Waals surface area contributed by atoms with E-state index in [-0.39, 0.29) is 23.2 Å². The molecule has 5 heteroatoms.